The lowest BCUT2D eigenvalue weighted by atomic mass is 10.2. The Morgan fingerprint density at radius 1 is 1.50 bits per heavy atom. The van der Waals surface area contributed by atoms with Gasteiger partial charge in [0, 0.05) is 11.8 Å². The van der Waals surface area contributed by atoms with Gasteiger partial charge >= 0.3 is 0 Å². The Morgan fingerprint density at radius 3 is 3.00 bits per heavy atom. The van der Waals surface area contributed by atoms with Gasteiger partial charge in [0.1, 0.15) is 11.5 Å². The van der Waals surface area contributed by atoms with Crippen molar-refractivity contribution in [3.63, 3.8) is 0 Å². The normalized spacial score (nSPS) is 11.9. The molecule has 0 aliphatic heterocycles. The number of anilines is 1. The Bertz CT molecular complexity index is 524. The van der Waals surface area contributed by atoms with E-state index in [4.69, 9.17) is 5.84 Å². The molecular formula is C11H14N6O. The quantitative estimate of drug-likeness (QED) is 0.466. The summed E-state index contributed by atoms with van der Waals surface area (Å²) in [5, 5.41) is 9.35. The molecule has 1 unspecified atom stereocenters. The molecule has 0 radical (unpaired) electrons. The summed E-state index contributed by atoms with van der Waals surface area (Å²) in [6.07, 6.45) is 3.40. The first-order valence-corrected chi connectivity index (χ1v) is 5.44. The Kier molecular flexibility index (Phi) is 3.54. The summed E-state index contributed by atoms with van der Waals surface area (Å²) in [5.74, 6) is 5.42. The molecule has 2 aromatic heterocycles. The van der Waals surface area contributed by atoms with E-state index in [1.807, 2.05) is 6.92 Å². The molecule has 0 saturated heterocycles. The van der Waals surface area contributed by atoms with E-state index in [0.29, 0.717) is 11.5 Å². The van der Waals surface area contributed by atoms with Crippen LogP contribution in [0.1, 0.15) is 29.0 Å². The minimum atomic E-state index is -0.263. The van der Waals surface area contributed by atoms with Crippen molar-refractivity contribution in [1.29, 1.82) is 0 Å². The summed E-state index contributed by atoms with van der Waals surface area (Å²) in [5.41, 5.74) is 3.60. The van der Waals surface area contributed by atoms with E-state index in [1.54, 1.807) is 30.6 Å². The fourth-order valence-electron chi connectivity index (χ4n) is 1.49. The van der Waals surface area contributed by atoms with Gasteiger partial charge in [0.05, 0.1) is 12.2 Å². The Balaban J connectivity index is 2.07. The van der Waals surface area contributed by atoms with Crippen LogP contribution in [0.15, 0.2) is 30.6 Å². The van der Waals surface area contributed by atoms with Crippen molar-refractivity contribution >= 4 is 11.7 Å². The van der Waals surface area contributed by atoms with Crippen LogP contribution in [-0.4, -0.2) is 21.1 Å². The summed E-state index contributed by atoms with van der Waals surface area (Å²) in [6.45, 7) is 1.87. The Hall–Kier alpha value is -2.41. The minimum absolute atomic E-state index is 0.146. The van der Waals surface area contributed by atoms with E-state index in [1.165, 1.54) is 0 Å². The van der Waals surface area contributed by atoms with Crippen LogP contribution in [0.2, 0.25) is 0 Å². The van der Waals surface area contributed by atoms with Gasteiger partial charge in [0.15, 0.2) is 0 Å². The summed E-state index contributed by atoms with van der Waals surface area (Å²) in [4.78, 5) is 16.0. The third kappa shape index (κ3) is 2.64. The monoisotopic (exact) mass is 246 g/mol. The predicted molar refractivity (Wildman–Crippen MR) is 66.5 cm³/mol. The molecule has 0 fully saturated rings. The number of aromatic amines is 1. The van der Waals surface area contributed by atoms with Crippen LogP contribution in [0.25, 0.3) is 0 Å². The number of nitrogen functional groups attached to an aromatic ring is 1. The number of amides is 1. The van der Waals surface area contributed by atoms with Crippen LogP contribution in [0.4, 0.5) is 5.82 Å². The molecule has 0 aliphatic carbocycles. The highest BCUT2D eigenvalue weighted by molar-refractivity contribution is 5.92. The number of rotatable bonds is 4. The van der Waals surface area contributed by atoms with Crippen LogP contribution >= 0.6 is 0 Å². The molecule has 2 aromatic rings. The van der Waals surface area contributed by atoms with Crippen molar-refractivity contribution in [3.8, 4) is 0 Å². The van der Waals surface area contributed by atoms with Gasteiger partial charge in [-0.1, -0.05) is 6.07 Å². The van der Waals surface area contributed by atoms with E-state index in [0.717, 1.165) is 5.56 Å². The van der Waals surface area contributed by atoms with Crippen LogP contribution in [-0.2, 0) is 0 Å². The zero-order valence-corrected chi connectivity index (χ0v) is 9.84. The van der Waals surface area contributed by atoms with Gasteiger partial charge in [-0.3, -0.25) is 9.89 Å². The maximum Gasteiger partial charge on any atom is 0.270 e. The van der Waals surface area contributed by atoms with E-state index < -0.39 is 0 Å². The van der Waals surface area contributed by atoms with E-state index in [9.17, 15) is 4.79 Å². The summed E-state index contributed by atoms with van der Waals surface area (Å²) in [7, 11) is 0. The van der Waals surface area contributed by atoms with Gasteiger partial charge in [-0.25, -0.2) is 10.8 Å². The summed E-state index contributed by atoms with van der Waals surface area (Å²) in [6, 6.07) is 4.86. The molecule has 2 heterocycles. The zero-order chi connectivity index (χ0) is 13.0. The van der Waals surface area contributed by atoms with Gasteiger partial charge in [0.25, 0.3) is 5.91 Å². The summed E-state index contributed by atoms with van der Waals surface area (Å²) >= 11 is 0. The Morgan fingerprint density at radius 2 is 2.33 bits per heavy atom. The van der Waals surface area contributed by atoms with Crippen molar-refractivity contribution in [3.05, 3.63) is 41.9 Å². The molecule has 0 bridgehead atoms. The fraction of sp³-hybridized carbons (Fsp3) is 0.182. The number of H-pyrrole nitrogens is 1. The van der Waals surface area contributed by atoms with Crippen molar-refractivity contribution in [1.82, 2.24) is 20.5 Å². The lowest BCUT2D eigenvalue weighted by Crippen LogP contribution is -2.27. The first-order chi connectivity index (χ1) is 8.70. The number of nitrogens with two attached hydrogens (primary N) is 1. The van der Waals surface area contributed by atoms with Crippen LogP contribution in [0.5, 0.6) is 0 Å². The number of nitrogens with one attached hydrogen (secondary N) is 3. The first kappa shape index (κ1) is 12.1. The molecule has 1 atom stereocenters. The van der Waals surface area contributed by atoms with E-state index in [2.05, 4.69) is 25.9 Å². The second-order valence-electron chi connectivity index (χ2n) is 3.78. The lowest BCUT2D eigenvalue weighted by molar-refractivity contribution is 0.0935. The highest BCUT2D eigenvalue weighted by atomic mass is 16.1. The van der Waals surface area contributed by atoms with Gasteiger partial charge in [-0.2, -0.15) is 5.10 Å². The molecule has 7 nitrogen and oxygen atoms in total. The molecular weight excluding hydrogens is 232 g/mol. The standard InChI is InChI=1S/C11H14N6O/c1-7(8-5-13-14-6-8)15-11(18)9-3-2-4-10(16-9)17-12/h2-7H,12H2,1H3,(H,13,14)(H,15,18)(H,16,17). The third-order valence-corrected chi connectivity index (χ3v) is 2.50. The number of carbonyl (C=O) groups is 1. The van der Waals surface area contributed by atoms with Crippen molar-refractivity contribution in [2.24, 2.45) is 5.84 Å². The first-order valence-electron chi connectivity index (χ1n) is 5.44. The molecule has 2 rings (SSSR count). The van der Waals surface area contributed by atoms with Gasteiger partial charge in [0.2, 0.25) is 0 Å². The number of hydrogen-bond donors (Lipinski definition) is 4. The van der Waals surface area contributed by atoms with Crippen LogP contribution in [0.3, 0.4) is 0 Å². The largest absolute Gasteiger partial charge is 0.344 e. The van der Waals surface area contributed by atoms with Crippen LogP contribution in [0, 0.1) is 0 Å². The lowest BCUT2D eigenvalue weighted by Gasteiger charge is -2.11. The SMILES string of the molecule is CC(NC(=O)c1cccc(NN)n1)c1cn[nH]c1. The number of hydrazine groups is 1. The third-order valence-electron chi connectivity index (χ3n) is 2.50. The highest BCUT2D eigenvalue weighted by Crippen LogP contribution is 2.10. The fourth-order valence-corrected chi connectivity index (χ4v) is 1.49. The maximum atomic E-state index is 11.9. The molecule has 7 heteroatoms. The van der Waals surface area contributed by atoms with E-state index in [-0.39, 0.29) is 11.9 Å². The average Bonchev–Trinajstić information content (AvgIpc) is 2.92. The zero-order valence-electron chi connectivity index (χ0n) is 9.84. The Labute approximate surface area is 104 Å². The number of carbonyl (C=O) groups excluding carboxylic acids is 1. The second-order valence-corrected chi connectivity index (χ2v) is 3.78. The van der Waals surface area contributed by atoms with Crippen molar-refractivity contribution in [2.45, 2.75) is 13.0 Å². The number of hydrogen-bond acceptors (Lipinski definition) is 5. The molecule has 0 spiro atoms. The van der Waals surface area contributed by atoms with Gasteiger partial charge < -0.3 is 10.7 Å². The predicted octanol–water partition coefficient (Wildman–Crippen LogP) is 0.581. The molecule has 0 saturated carbocycles. The molecule has 0 aliphatic rings. The van der Waals surface area contributed by atoms with E-state index >= 15 is 0 Å². The van der Waals surface area contributed by atoms with Gasteiger partial charge in [-0.15, -0.1) is 0 Å². The molecule has 18 heavy (non-hydrogen) atoms. The molecule has 5 N–H and O–H groups in total. The second kappa shape index (κ2) is 5.28. The number of nitrogens with zero attached hydrogens (tertiary/aromatic N) is 2. The van der Waals surface area contributed by atoms with Gasteiger partial charge in [-0.05, 0) is 19.1 Å². The number of pyridine rings is 1. The van der Waals surface area contributed by atoms with Crippen molar-refractivity contribution in [2.75, 3.05) is 5.43 Å². The minimum Gasteiger partial charge on any atom is -0.344 e. The maximum absolute atomic E-state index is 11.9. The number of aromatic nitrogens is 3. The topological polar surface area (TPSA) is 109 Å². The van der Waals surface area contributed by atoms with Crippen molar-refractivity contribution < 1.29 is 4.79 Å². The molecule has 94 valence electrons. The summed E-state index contributed by atoms with van der Waals surface area (Å²) < 4.78 is 0. The van der Waals surface area contributed by atoms with Crippen LogP contribution < -0.4 is 16.6 Å². The smallest absolute Gasteiger partial charge is 0.270 e. The molecule has 1 amide bonds. The average molecular weight is 246 g/mol. The highest BCUT2D eigenvalue weighted by Gasteiger charge is 2.13. The molecule has 0 aromatic carbocycles.